The Balaban J connectivity index is 1.97. The van der Waals surface area contributed by atoms with Crippen molar-refractivity contribution in [2.45, 2.75) is 31.4 Å². The van der Waals surface area contributed by atoms with Gasteiger partial charge in [0.25, 0.3) is 0 Å². The largest absolute Gasteiger partial charge is 0.388 e. The smallest absolute Gasteiger partial charge is 0.248 e. The number of H-pyrrole nitrogens is 1. The second kappa shape index (κ2) is 3.82. The summed E-state index contributed by atoms with van der Waals surface area (Å²) >= 11 is 0. The molecular formula is C12H15N7O2. The van der Waals surface area contributed by atoms with E-state index in [0.29, 0.717) is 42.1 Å². The van der Waals surface area contributed by atoms with Crippen LogP contribution in [0.25, 0.3) is 11.0 Å². The van der Waals surface area contributed by atoms with E-state index in [1.807, 2.05) is 0 Å². The van der Waals surface area contributed by atoms with Crippen LogP contribution in [-0.4, -0.2) is 49.4 Å². The van der Waals surface area contributed by atoms with Crippen LogP contribution in [0.3, 0.4) is 0 Å². The Labute approximate surface area is 119 Å². The zero-order chi connectivity index (χ0) is 14.8. The molecule has 2 unspecified atom stereocenters. The van der Waals surface area contributed by atoms with E-state index in [2.05, 4.69) is 25.5 Å². The van der Waals surface area contributed by atoms with Crippen LogP contribution in [0.2, 0.25) is 0 Å². The summed E-state index contributed by atoms with van der Waals surface area (Å²) in [5.74, 6) is 0.880. The number of nitrogens with zero attached hydrogens (tertiary/aromatic N) is 4. The van der Waals surface area contributed by atoms with Gasteiger partial charge in [0, 0.05) is 6.54 Å². The highest BCUT2D eigenvalue weighted by molar-refractivity contribution is 6.09. The lowest BCUT2D eigenvalue weighted by atomic mass is 9.90. The highest BCUT2D eigenvalue weighted by Gasteiger charge is 2.42. The van der Waals surface area contributed by atoms with Crippen molar-refractivity contribution in [3.8, 4) is 0 Å². The Morgan fingerprint density at radius 1 is 1.48 bits per heavy atom. The third kappa shape index (κ3) is 1.74. The molecule has 2 aliphatic rings. The summed E-state index contributed by atoms with van der Waals surface area (Å²) in [6.45, 7) is 2.06. The highest BCUT2D eigenvalue weighted by atomic mass is 16.3. The Morgan fingerprint density at radius 3 is 3.10 bits per heavy atom. The third-order valence-electron chi connectivity index (χ3n) is 4.08. The van der Waals surface area contributed by atoms with Crippen molar-refractivity contribution in [3.63, 3.8) is 0 Å². The number of carbonyl (C=O) groups excluding carboxylic acids is 1. The second-order valence-electron chi connectivity index (χ2n) is 5.87. The third-order valence-corrected chi connectivity index (χ3v) is 4.08. The Hall–Kier alpha value is -2.42. The molecule has 1 amide bonds. The predicted octanol–water partition coefficient (Wildman–Crippen LogP) is -0.393. The van der Waals surface area contributed by atoms with E-state index in [0.717, 1.165) is 0 Å². The predicted molar refractivity (Wildman–Crippen MR) is 75.7 cm³/mol. The molecule has 9 heteroatoms. The van der Waals surface area contributed by atoms with E-state index in [1.54, 1.807) is 11.8 Å². The first-order chi connectivity index (χ1) is 9.94. The normalized spacial score (nSPS) is 28.2. The Kier molecular flexibility index (Phi) is 2.24. The quantitative estimate of drug-likeness (QED) is 0.519. The number of amides is 1. The summed E-state index contributed by atoms with van der Waals surface area (Å²) in [7, 11) is 0. The van der Waals surface area contributed by atoms with Crippen LogP contribution in [0.1, 0.15) is 19.8 Å². The second-order valence-corrected chi connectivity index (χ2v) is 5.87. The van der Waals surface area contributed by atoms with Gasteiger partial charge in [0.2, 0.25) is 11.9 Å². The minimum absolute atomic E-state index is 0.103. The van der Waals surface area contributed by atoms with Crippen molar-refractivity contribution in [1.82, 2.24) is 20.2 Å². The number of fused-ring (bicyclic) bond motifs is 2. The molecule has 21 heavy (non-hydrogen) atoms. The number of aromatic nitrogens is 4. The SMILES string of the molecule is CC1(O)CCC2C(=O)Nc3n[nH]c4nc(N)nc(c34)N2C1. The summed E-state index contributed by atoms with van der Waals surface area (Å²) < 4.78 is 0. The average molecular weight is 289 g/mol. The van der Waals surface area contributed by atoms with Gasteiger partial charge >= 0.3 is 0 Å². The number of hydrogen-bond acceptors (Lipinski definition) is 7. The number of rotatable bonds is 0. The van der Waals surface area contributed by atoms with Crippen molar-refractivity contribution in [1.29, 1.82) is 0 Å². The average Bonchev–Trinajstić information content (AvgIpc) is 2.74. The molecule has 0 bridgehead atoms. The van der Waals surface area contributed by atoms with Crippen LogP contribution >= 0.6 is 0 Å². The number of piperidine rings is 1. The van der Waals surface area contributed by atoms with Gasteiger partial charge in [-0.05, 0) is 19.8 Å². The van der Waals surface area contributed by atoms with Crippen LogP contribution in [0.4, 0.5) is 17.6 Å². The van der Waals surface area contributed by atoms with Crippen molar-refractivity contribution in [2.75, 3.05) is 22.5 Å². The molecule has 9 nitrogen and oxygen atoms in total. The molecule has 0 saturated carbocycles. The van der Waals surface area contributed by atoms with E-state index in [9.17, 15) is 9.90 Å². The highest BCUT2D eigenvalue weighted by Crippen LogP contribution is 2.38. The molecular weight excluding hydrogens is 274 g/mol. The van der Waals surface area contributed by atoms with Gasteiger partial charge in [-0.2, -0.15) is 15.1 Å². The molecule has 2 aromatic rings. The van der Waals surface area contributed by atoms with Gasteiger partial charge in [-0.1, -0.05) is 0 Å². The van der Waals surface area contributed by atoms with Gasteiger partial charge in [-0.3, -0.25) is 9.89 Å². The van der Waals surface area contributed by atoms with Gasteiger partial charge in [0.15, 0.2) is 11.5 Å². The molecule has 1 fully saturated rings. The fraction of sp³-hybridized carbons (Fsp3) is 0.500. The number of nitrogens with two attached hydrogens (primary N) is 1. The molecule has 0 spiro atoms. The van der Waals surface area contributed by atoms with Crippen LogP contribution in [-0.2, 0) is 4.79 Å². The summed E-state index contributed by atoms with van der Waals surface area (Å²) in [4.78, 5) is 22.5. The van der Waals surface area contributed by atoms with E-state index >= 15 is 0 Å². The molecule has 0 radical (unpaired) electrons. The molecule has 4 rings (SSSR count). The van der Waals surface area contributed by atoms with E-state index < -0.39 is 11.6 Å². The van der Waals surface area contributed by atoms with Crippen molar-refractivity contribution >= 4 is 34.5 Å². The number of anilines is 3. The molecule has 4 heterocycles. The standard InChI is InChI=1S/C12H15N7O2/c1-12(21)3-2-5-10(20)14-7-6-8(18-17-7)15-11(13)16-9(6)19(5)4-12/h5,21H,2-4H2,1H3,(H4,13,14,15,16,17,18,20). The molecule has 2 aromatic heterocycles. The Morgan fingerprint density at radius 2 is 2.29 bits per heavy atom. The van der Waals surface area contributed by atoms with E-state index in [4.69, 9.17) is 5.73 Å². The summed E-state index contributed by atoms with van der Waals surface area (Å²) in [6.07, 6.45) is 1.09. The van der Waals surface area contributed by atoms with Gasteiger partial charge in [-0.15, -0.1) is 0 Å². The summed E-state index contributed by atoms with van der Waals surface area (Å²) in [5, 5.41) is 20.6. The monoisotopic (exact) mass is 289 g/mol. The molecule has 2 aliphatic heterocycles. The van der Waals surface area contributed by atoms with Crippen LogP contribution in [0.5, 0.6) is 0 Å². The molecule has 0 aliphatic carbocycles. The lowest BCUT2D eigenvalue weighted by molar-refractivity contribution is -0.118. The summed E-state index contributed by atoms with van der Waals surface area (Å²) in [6, 6.07) is -0.392. The molecule has 0 aromatic carbocycles. The lowest BCUT2D eigenvalue weighted by Crippen LogP contribution is -2.55. The fourth-order valence-electron chi connectivity index (χ4n) is 3.08. The maximum Gasteiger partial charge on any atom is 0.248 e. The minimum atomic E-state index is -0.878. The number of nitrogen functional groups attached to an aromatic ring is 1. The number of carbonyl (C=O) groups is 1. The maximum atomic E-state index is 12.4. The van der Waals surface area contributed by atoms with Crippen LogP contribution in [0.15, 0.2) is 0 Å². The number of nitrogens with one attached hydrogen (secondary N) is 2. The zero-order valence-corrected chi connectivity index (χ0v) is 11.4. The van der Waals surface area contributed by atoms with Crippen molar-refractivity contribution in [2.24, 2.45) is 0 Å². The molecule has 5 N–H and O–H groups in total. The van der Waals surface area contributed by atoms with E-state index in [-0.39, 0.29) is 11.9 Å². The molecule has 1 saturated heterocycles. The van der Waals surface area contributed by atoms with Crippen molar-refractivity contribution in [3.05, 3.63) is 0 Å². The van der Waals surface area contributed by atoms with Gasteiger partial charge in [0.1, 0.15) is 17.2 Å². The zero-order valence-electron chi connectivity index (χ0n) is 11.4. The fourth-order valence-corrected chi connectivity index (χ4v) is 3.08. The molecule has 2 atom stereocenters. The minimum Gasteiger partial charge on any atom is -0.388 e. The van der Waals surface area contributed by atoms with Gasteiger partial charge < -0.3 is 21.1 Å². The van der Waals surface area contributed by atoms with Crippen LogP contribution < -0.4 is 16.0 Å². The van der Waals surface area contributed by atoms with Crippen LogP contribution in [0, 0.1) is 0 Å². The van der Waals surface area contributed by atoms with Gasteiger partial charge in [-0.25, -0.2) is 0 Å². The molecule has 110 valence electrons. The first-order valence-electron chi connectivity index (χ1n) is 6.76. The topological polar surface area (TPSA) is 133 Å². The number of hydrogen-bond donors (Lipinski definition) is 4. The summed E-state index contributed by atoms with van der Waals surface area (Å²) in [5.41, 5.74) is 5.34. The lowest BCUT2D eigenvalue weighted by Gasteiger charge is -2.41. The first kappa shape index (κ1) is 12.3. The van der Waals surface area contributed by atoms with E-state index in [1.165, 1.54) is 0 Å². The van der Waals surface area contributed by atoms with Crippen molar-refractivity contribution < 1.29 is 9.90 Å². The maximum absolute atomic E-state index is 12.4. The first-order valence-corrected chi connectivity index (χ1v) is 6.76. The van der Waals surface area contributed by atoms with Gasteiger partial charge in [0.05, 0.1) is 5.60 Å². The number of aliphatic hydroxyl groups is 1. The number of aromatic amines is 1. The Bertz CT molecular complexity index is 753.